The van der Waals surface area contributed by atoms with Crippen molar-refractivity contribution in [1.82, 2.24) is 5.32 Å². The molecule has 3 heterocycles. The SMILES string of the molecule is CN(C(=O)NC1CCOC1)c1cc2oc(=O)c(C(=O)O)cc2s1. The monoisotopic (exact) mass is 338 g/mol. The summed E-state index contributed by atoms with van der Waals surface area (Å²) >= 11 is 1.17. The van der Waals surface area contributed by atoms with Crippen molar-refractivity contribution >= 4 is 38.6 Å². The number of carbonyl (C=O) groups is 2. The van der Waals surface area contributed by atoms with Crippen molar-refractivity contribution in [3.63, 3.8) is 0 Å². The molecule has 0 aliphatic carbocycles. The van der Waals surface area contributed by atoms with E-state index in [9.17, 15) is 14.4 Å². The number of anilines is 1. The highest BCUT2D eigenvalue weighted by molar-refractivity contribution is 7.22. The zero-order valence-electron chi connectivity index (χ0n) is 12.2. The van der Waals surface area contributed by atoms with Crippen molar-refractivity contribution in [3.05, 3.63) is 28.1 Å². The van der Waals surface area contributed by atoms with Crippen molar-refractivity contribution in [2.45, 2.75) is 12.5 Å². The molecule has 0 bridgehead atoms. The summed E-state index contributed by atoms with van der Waals surface area (Å²) in [6.07, 6.45) is 0.767. The number of nitrogens with zero attached hydrogens (tertiary/aromatic N) is 1. The molecule has 0 radical (unpaired) electrons. The van der Waals surface area contributed by atoms with Gasteiger partial charge in [-0.15, -0.1) is 11.3 Å². The summed E-state index contributed by atoms with van der Waals surface area (Å²) in [5, 5.41) is 12.3. The molecule has 0 saturated carbocycles. The molecule has 0 spiro atoms. The molecule has 0 aromatic carbocycles. The Morgan fingerprint density at radius 2 is 2.22 bits per heavy atom. The van der Waals surface area contributed by atoms with E-state index in [0.717, 1.165) is 6.42 Å². The van der Waals surface area contributed by atoms with Gasteiger partial charge < -0.3 is 19.6 Å². The maximum atomic E-state index is 12.2. The fraction of sp³-hybridized carbons (Fsp3) is 0.357. The van der Waals surface area contributed by atoms with Crippen LogP contribution in [0, 0.1) is 0 Å². The molecule has 2 aromatic rings. The highest BCUT2D eigenvalue weighted by Crippen LogP contribution is 2.31. The maximum absolute atomic E-state index is 12.2. The molecular formula is C14H14N2O6S. The quantitative estimate of drug-likeness (QED) is 0.877. The molecule has 3 rings (SSSR count). The van der Waals surface area contributed by atoms with E-state index in [-0.39, 0.29) is 17.7 Å². The van der Waals surface area contributed by atoms with Crippen LogP contribution in [0.15, 0.2) is 21.3 Å². The normalized spacial score (nSPS) is 17.3. The van der Waals surface area contributed by atoms with Crippen molar-refractivity contribution in [2.24, 2.45) is 0 Å². The Hall–Kier alpha value is -2.39. The number of amides is 2. The van der Waals surface area contributed by atoms with E-state index in [1.54, 1.807) is 7.05 Å². The Morgan fingerprint density at radius 3 is 2.87 bits per heavy atom. The van der Waals surface area contributed by atoms with Crippen LogP contribution in [-0.2, 0) is 4.74 Å². The second-order valence-electron chi connectivity index (χ2n) is 5.13. The van der Waals surface area contributed by atoms with E-state index >= 15 is 0 Å². The summed E-state index contributed by atoms with van der Waals surface area (Å²) in [7, 11) is 1.59. The third-order valence-electron chi connectivity index (χ3n) is 3.53. The zero-order chi connectivity index (χ0) is 16.6. The molecule has 2 aromatic heterocycles. The fourth-order valence-electron chi connectivity index (χ4n) is 2.24. The topological polar surface area (TPSA) is 109 Å². The van der Waals surface area contributed by atoms with Gasteiger partial charge in [0.05, 0.1) is 17.3 Å². The predicted octanol–water partition coefficient (Wildman–Crippen LogP) is 1.49. The van der Waals surface area contributed by atoms with Crippen LogP contribution in [-0.4, -0.2) is 43.4 Å². The second-order valence-corrected chi connectivity index (χ2v) is 6.20. The predicted molar refractivity (Wildman–Crippen MR) is 83.5 cm³/mol. The minimum atomic E-state index is -1.34. The first-order chi connectivity index (χ1) is 11.0. The first kappa shape index (κ1) is 15.5. The highest BCUT2D eigenvalue weighted by atomic mass is 32.1. The number of nitrogens with one attached hydrogen (secondary N) is 1. The number of rotatable bonds is 3. The van der Waals surface area contributed by atoms with E-state index in [1.807, 2.05) is 0 Å². The highest BCUT2D eigenvalue weighted by Gasteiger charge is 2.22. The number of carbonyl (C=O) groups excluding carboxylic acids is 1. The average molecular weight is 338 g/mol. The van der Waals surface area contributed by atoms with Gasteiger partial charge >= 0.3 is 17.6 Å². The lowest BCUT2D eigenvalue weighted by molar-refractivity contribution is 0.0692. The van der Waals surface area contributed by atoms with Crippen molar-refractivity contribution in [3.8, 4) is 0 Å². The molecule has 1 atom stereocenters. The molecule has 9 heteroatoms. The zero-order valence-corrected chi connectivity index (χ0v) is 13.0. The molecule has 1 saturated heterocycles. The number of aromatic carboxylic acids is 1. The number of urea groups is 1. The molecule has 1 unspecified atom stereocenters. The van der Waals surface area contributed by atoms with Crippen LogP contribution in [0.2, 0.25) is 0 Å². The average Bonchev–Trinajstić information content (AvgIpc) is 3.14. The fourth-order valence-corrected chi connectivity index (χ4v) is 3.22. The number of carboxylic acid groups (broad SMARTS) is 1. The number of carboxylic acids is 1. The summed E-state index contributed by atoms with van der Waals surface area (Å²) in [4.78, 5) is 36.1. The summed E-state index contributed by atoms with van der Waals surface area (Å²) in [6.45, 7) is 1.11. The van der Waals surface area contributed by atoms with Crippen LogP contribution < -0.4 is 15.8 Å². The summed E-state index contributed by atoms with van der Waals surface area (Å²) in [6, 6.07) is 2.48. The van der Waals surface area contributed by atoms with Gasteiger partial charge in [0.25, 0.3) is 0 Å². The van der Waals surface area contributed by atoms with E-state index in [4.69, 9.17) is 14.3 Å². The summed E-state index contributed by atoms with van der Waals surface area (Å²) < 4.78 is 10.7. The third-order valence-corrected chi connectivity index (χ3v) is 4.67. The third kappa shape index (κ3) is 3.06. The van der Waals surface area contributed by atoms with Crippen LogP contribution >= 0.6 is 11.3 Å². The van der Waals surface area contributed by atoms with Crippen LogP contribution in [0.5, 0.6) is 0 Å². The molecule has 2 amide bonds. The standard InChI is InChI=1S/C14H14N2O6S/c1-16(14(20)15-7-2-3-21-6-7)11-5-9-10(23-11)4-8(12(17)18)13(19)22-9/h4-5,7H,2-3,6H2,1H3,(H,15,20)(H,17,18). The van der Waals surface area contributed by atoms with Crippen LogP contribution in [0.25, 0.3) is 10.3 Å². The van der Waals surface area contributed by atoms with Crippen LogP contribution in [0.1, 0.15) is 16.8 Å². The minimum absolute atomic E-state index is 0.0177. The molecule has 1 aliphatic rings. The van der Waals surface area contributed by atoms with Crippen molar-refractivity contribution in [2.75, 3.05) is 25.2 Å². The Balaban J connectivity index is 1.85. The Kier molecular flexibility index (Phi) is 4.05. The van der Waals surface area contributed by atoms with Gasteiger partial charge in [-0.1, -0.05) is 0 Å². The number of thiophene rings is 1. The summed E-state index contributed by atoms with van der Waals surface area (Å²) in [5.74, 6) is -1.34. The molecule has 23 heavy (non-hydrogen) atoms. The minimum Gasteiger partial charge on any atom is -0.477 e. The number of hydrogen-bond donors (Lipinski definition) is 2. The van der Waals surface area contributed by atoms with Crippen LogP contribution in [0.3, 0.4) is 0 Å². The number of fused-ring (bicyclic) bond motifs is 1. The van der Waals surface area contributed by atoms with Crippen molar-refractivity contribution < 1.29 is 23.8 Å². The molecule has 8 nitrogen and oxygen atoms in total. The smallest absolute Gasteiger partial charge is 0.351 e. The lowest BCUT2D eigenvalue weighted by atomic mass is 10.3. The van der Waals surface area contributed by atoms with Gasteiger partial charge in [-0.05, 0) is 12.5 Å². The Labute approximate surface area is 134 Å². The van der Waals surface area contributed by atoms with Crippen LogP contribution in [0.4, 0.5) is 9.80 Å². The molecule has 1 fully saturated rings. The largest absolute Gasteiger partial charge is 0.477 e. The van der Waals surface area contributed by atoms with Gasteiger partial charge in [0, 0.05) is 19.7 Å². The van der Waals surface area contributed by atoms with Gasteiger partial charge in [-0.2, -0.15) is 0 Å². The second kappa shape index (κ2) is 6.01. The van der Waals surface area contributed by atoms with Crippen molar-refractivity contribution in [1.29, 1.82) is 0 Å². The first-order valence-corrected chi connectivity index (χ1v) is 7.70. The van der Waals surface area contributed by atoms with Gasteiger partial charge in [0.15, 0.2) is 5.58 Å². The molecular weight excluding hydrogens is 324 g/mol. The lowest BCUT2D eigenvalue weighted by Gasteiger charge is -2.18. The van der Waals surface area contributed by atoms with Gasteiger partial charge in [0.2, 0.25) is 0 Å². The van der Waals surface area contributed by atoms with Gasteiger partial charge in [-0.3, -0.25) is 4.90 Å². The Morgan fingerprint density at radius 1 is 1.43 bits per heavy atom. The van der Waals surface area contributed by atoms with E-state index in [1.165, 1.54) is 28.4 Å². The number of ether oxygens (including phenoxy) is 1. The van der Waals surface area contributed by atoms with Gasteiger partial charge in [-0.25, -0.2) is 14.4 Å². The molecule has 2 N–H and O–H groups in total. The molecule has 122 valence electrons. The first-order valence-electron chi connectivity index (χ1n) is 6.88. The summed E-state index contributed by atoms with van der Waals surface area (Å²) in [5.41, 5.74) is -1.09. The van der Waals surface area contributed by atoms with E-state index < -0.39 is 17.2 Å². The lowest BCUT2D eigenvalue weighted by Crippen LogP contribution is -2.43. The Bertz CT molecular complexity index is 820. The van der Waals surface area contributed by atoms with E-state index in [2.05, 4.69) is 5.32 Å². The molecule has 1 aliphatic heterocycles. The van der Waals surface area contributed by atoms with Gasteiger partial charge in [0.1, 0.15) is 10.6 Å². The maximum Gasteiger partial charge on any atom is 0.351 e. The van der Waals surface area contributed by atoms with E-state index in [0.29, 0.717) is 22.9 Å². The number of hydrogen-bond acceptors (Lipinski definition) is 6.